The molecule has 24 heavy (non-hydrogen) atoms. The minimum absolute atomic E-state index is 0.0904. The Labute approximate surface area is 146 Å². The molecule has 1 aliphatic heterocycles. The number of para-hydroxylation sites is 2. The third kappa shape index (κ3) is 4.09. The van der Waals surface area contributed by atoms with Gasteiger partial charge >= 0.3 is 0 Å². The van der Waals surface area contributed by atoms with Gasteiger partial charge in [0.1, 0.15) is 6.61 Å². The third-order valence-corrected chi connectivity index (χ3v) is 3.96. The summed E-state index contributed by atoms with van der Waals surface area (Å²) in [5.41, 5.74) is 0.923. The molecule has 0 radical (unpaired) electrons. The largest absolute Gasteiger partial charge is 0.486 e. The number of benzene rings is 2. The number of likely N-dealkylation sites (N-methyl/N-ethyl adjacent to an activating group) is 1. The lowest BCUT2D eigenvalue weighted by Crippen LogP contribution is -2.41. The fourth-order valence-corrected chi connectivity index (χ4v) is 2.54. The summed E-state index contributed by atoms with van der Waals surface area (Å²) in [6.07, 6.45) is 3.13. The van der Waals surface area contributed by atoms with E-state index >= 15 is 0 Å². The van der Waals surface area contributed by atoms with Crippen LogP contribution in [0, 0.1) is 0 Å². The molecule has 0 aliphatic carbocycles. The highest BCUT2D eigenvalue weighted by Gasteiger charge is 2.22. The second-order valence-electron chi connectivity index (χ2n) is 5.60. The molecule has 1 unspecified atom stereocenters. The van der Waals surface area contributed by atoms with Crippen LogP contribution in [0.2, 0.25) is 5.02 Å². The lowest BCUT2D eigenvalue weighted by Gasteiger charge is -2.29. The molecule has 2 aromatic carbocycles. The lowest BCUT2D eigenvalue weighted by atomic mass is 10.2. The SMILES string of the molecule is CN(CC1COc2ccccc2O1)C(=O)/C=C/c1ccc(Cl)cc1. The van der Waals surface area contributed by atoms with Gasteiger partial charge in [-0.1, -0.05) is 35.9 Å². The fourth-order valence-electron chi connectivity index (χ4n) is 2.42. The van der Waals surface area contributed by atoms with Crippen molar-refractivity contribution in [1.82, 2.24) is 4.90 Å². The minimum Gasteiger partial charge on any atom is -0.486 e. The van der Waals surface area contributed by atoms with Crippen molar-refractivity contribution in [2.75, 3.05) is 20.2 Å². The topological polar surface area (TPSA) is 38.8 Å². The first-order valence-electron chi connectivity index (χ1n) is 7.69. The van der Waals surface area contributed by atoms with Crippen molar-refractivity contribution in [2.24, 2.45) is 0 Å². The van der Waals surface area contributed by atoms with Gasteiger partial charge in [0.05, 0.1) is 6.54 Å². The molecule has 1 aliphatic rings. The van der Waals surface area contributed by atoms with E-state index in [0.29, 0.717) is 23.9 Å². The average Bonchev–Trinajstić information content (AvgIpc) is 2.61. The molecule has 4 nitrogen and oxygen atoms in total. The van der Waals surface area contributed by atoms with Crippen molar-refractivity contribution < 1.29 is 14.3 Å². The second-order valence-corrected chi connectivity index (χ2v) is 6.04. The Morgan fingerprint density at radius 1 is 1.21 bits per heavy atom. The molecule has 1 atom stereocenters. The fraction of sp³-hybridized carbons (Fsp3) is 0.211. The molecule has 0 saturated carbocycles. The maximum atomic E-state index is 12.2. The van der Waals surface area contributed by atoms with Crippen LogP contribution in [0.1, 0.15) is 5.56 Å². The summed E-state index contributed by atoms with van der Waals surface area (Å²) in [6, 6.07) is 14.8. The van der Waals surface area contributed by atoms with Gasteiger partial charge in [0, 0.05) is 18.1 Å². The van der Waals surface area contributed by atoms with E-state index in [4.69, 9.17) is 21.1 Å². The number of carbonyl (C=O) groups excluding carboxylic acids is 1. The van der Waals surface area contributed by atoms with Gasteiger partial charge in [-0.3, -0.25) is 4.79 Å². The summed E-state index contributed by atoms with van der Waals surface area (Å²) >= 11 is 5.84. The molecule has 0 fully saturated rings. The first kappa shape index (κ1) is 16.4. The van der Waals surface area contributed by atoms with E-state index < -0.39 is 0 Å². The van der Waals surface area contributed by atoms with Gasteiger partial charge in [-0.2, -0.15) is 0 Å². The van der Waals surface area contributed by atoms with Gasteiger partial charge < -0.3 is 14.4 Å². The summed E-state index contributed by atoms with van der Waals surface area (Å²) in [7, 11) is 1.75. The van der Waals surface area contributed by atoms with Crippen molar-refractivity contribution in [1.29, 1.82) is 0 Å². The Bertz CT molecular complexity index is 743. The standard InChI is InChI=1S/C19H18ClNO3/c1-21(19(22)11-8-14-6-9-15(20)10-7-14)12-16-13-23-17-4-2-3-5-18(17)24-16/h2-11,16H,12-13H2,1H3/b11-8+. The Balaban J connectivity index is 1.56. The van der Waals surface area contributed by atoms with E-state index in [9.17, 15) is 4.79 Å². The first-order valence-corrected chi connectivity index (χ1v) is 8.07. The van der Waals surface area contributed by atoms with Gasteiger partial charge in [-0.05, 0) is 35.9 Å². The second kappa shape index (κ2) is 7.41. The van der Waals surface area contributed by atoms with Crippen molar-refractivity contribution >= 4 is 23.6 Å². The number of carbonyl (C=O) groups is 1. The predicted octanol–water partition coefficient (Wildman–Crippen LogP) is 3.65. The van der Waals surface area contributed by atoms with Crippen LogP contribution in [-0.2, 0) is 4.79 Å². The third-order valence-electron chi connectivity index (χ3n) is 3.71. The lowest BCUT2D eigenvalue weighted by molar-refractivity contribution is -0.126. The number of fused-ring (bicyclic) bond motifs is 1. The summed E-state index contributed by atoms with van der Waals surface area (Å²) in [5.74, 6) is 1.36. The number of ether oxygens (including phenoxy) is 2. The van der Waals surface area contributed by atoms with Crippen molar-refractivity contribution in [2.45, 2.75) is 6.10 Å². The smallest absolute Gasteiger partial charge is 0.246 e. The van der Waals surface area contributed by atoms with Crippen LogP contribution in [-0.4, -0.2) is 37.1 Å². The van der Waals surface area contributed by atoms with Crippen LogP contribution in [0.3, 0.4) is 0 Å². The number of hydrogen-bond donors (Lipinski definition) is 0. The Morgan fingerprint density at radius 3 is 2.67 bits per heavy atom. The monoisotopic (exact) mass is 343 g/mol. The summed E-state index contributed by atoms with van der Waals surface area (Å²) in [4.78, 5) is 13.8. The van der Waals surface area contributed by atoms with Crippen molar-refractivity contribution in [3.05, 3.63) is 65.2 Å². The van der Waals surface area contributed by atoms with Crippen LogP contribution < -0.4 is 9.47 Å². The Kier molecular flexibility index (Phi) is 5.06. The molecular formula is C19H18ClNO3. The molecule has 1 amide bonds. The molecule has 0 spiro atoms. The number of nitrogens with zero attached hydrogens (tertiary/aromatic N) is 1. The zero-order valence-corrected chi connectivity index (χ0v) is 14.1. The quantitative estimate of drug-likeness (QED) is 0.795. The Hall–Kier alpha value is -2.46. The molecule has 124 valence electrons. The van der Waals surface area contributed by atoms with Gasteiger partial charge in [0.25, 0.3) is 0 Å². The molecule has 2 aromatic rings. The van der Waals surface area contributed by atoms with E-state index in [1.807, 2.05) is 36.4 Å². The van der Waals surface area contributed by atoms with Crippen LogP contribution in [0.25, 0.3) is 6.08 Å². The summed E-state index contributed by atoms with van der Waals surface area (Å²) in [6.45, 7) is 0.883. The van der Waals surface area contributed by atoms with Crippen molar-refractivity contribution in [3.63, 3.8) is 0 Å². The average molecular weight is 344 g/mol. The number of hydrogen-bond acceptors (Lipinski definition) is 3. The molecule has 3 rings (SSSR count). The van der Waals surface area contributed by atoms with Gasteiger partial charge in [-0.15, -0.1) is 0 Å². The van der Waals surface area contributed by atoms with Crippen LogP contribution in [0.5, 0.6) is 11.5 Å². The highest BCUT2D eigenvalue weighted by atomic mass is 35.5. The zero-order valence-electron chi connectivity index (χ0n) is 13.3. The van der Waals surface area contributed by atoms with E-state index in [2.05, 4.69) is 0 Å². The maximum absolute atomic E-state index is 12.2. The number of amides is 1. The number of halogens is 1. The normalized spacial score (nSPS) is 16.2. The van der Waals surface area contributed by atoms with E-state index in [1.165, 1.54) is 0 Å². The summed E-state index contributed by atoms with van der Waals surface area (Å²) in [5, 5.41) is 0.672. The van der Waals surface area contributed by atoms with Crippen LogP contribution in [0.4, 0.5) is 0 Å². The van der Waals surface area contributed by atoms with Gasteiger partial charge in [-0.25, -0.2) is 0 Å². The Morgan fingerprint density at radius 2 is 1.92 bits per heavy atom. The van der Waals surface area contributed by atoms with Crippen LogP contribution >= 0.6 is 11.6 Å². The summed E-state index contributed by atoms with van der Waals surface area (Å²) < 4.78 is 11.5. The van der Waals surface area contributed by atoms with Crippen LogP contribution in [0.15, 0.2) is 54.6 Å². The van der Waals surface area contributed by atoms with E-state index in [-0.39, 0.29) is 12.0 Å². The molecule has 1 heterocycles. The molecule has 0 saturated heterocycles. The highest BCUT2D eigenvalue weighted by Crippen LogP contribution is 2.30. The predicted molar refractivity (Wildman–Crippen MR) is 94.5 cm³/mol. The van der Waals surface area contributed by atoms with Gasteiger partial charge in [0.2, 0.25) is 5.91 Å². The van der Waals surface area contributed by atoms with E-state index in [1.54, 1.807) is 36.2 Å². The highest BCUT2D eigenvalue weighted by molar-refractivity contribution is 6.30. The van der Waals surface area contributed by atoms with Crippen molar-refractivity contribution in [3.8, 4) is 11.5 Å². The molecular weight excluding hydrogens is 326 g/mol. The maximum Gasteiger partial charge on any atom is 0.246 e. The number of rotatable bonds is 4. The molecule has 0 N–H and O–H groups in total. The van der Waals surface area contributed by atoms with Gasteiger partial charge in [0.15, 0.2) is 17.6 Å². The molecule has 0 bridgehead atoms. The minimum atomic E-state index is -0.183. The molecule has 5 heteroatoms. The van der Waals surface area contributed by atoms with E-state index in [0.717, 1.165) is 11.3 Å². The molecule has 0 aromatic heterocycles. The first-order chi connectivity index (χ1) is 11.6. The zero-order chi connectivity index (χ0) is 16.9.